The predicted octanol–water partition coefficient (Wildman–Crippen LogP) is 1.69. The number of nitrogens with one attached hydrogen (secondary N) is 1. The van der Waals surface area contributed by atoms with Crippen LogP contribution in [-0.2, 0) is 9.53 Å². The minimum atomic E-state index is -0.471. The van der Waals surface area contributed by atoms with E-state index in [1.165, 1.54) is 0 Å². The summed E-state index contributed by atoms with van der Waals surface area (Å²) in [6.07, 6.45) is 1.09. The average molecular weight is 336 g/mol. The second-order valence-electron chi connectivity index (χ2n) is 5.79. The Kier molecular flexibility index (Phi) is 7.85. The third-order valence-electron chi connectivity index (χ3n) is 4.06. The molecule has 0 bridgehead atoms. The molecule has 0 unspecified atom stereocenters. The van der Waals surface area contributed by atoms with Crippen molar-refractivity contribution in [3.8, 4) is 11.5 Å². The molecule has 24 heavy (non-hydrogen) atoms. The molecule has 0 radical (unpaired) electrons. The summed E-state index contributed by atoms with van der Waals surface area (Å²) in [5.74, 6) is 1.38. The molecule has 6 nitrogen and oxygen atoms in total. The summed E-state index contributed by atoms with van der Waals surface area (Å²) in [7, 11) is 1.62. The molecule has 6 heteroatoms. The Morgan fingerprint density at radius 3 is 2.54 bits per heavy atom. The first-order valence-corrected chi connectivity index (χ1v) is 8.61. The molecule has 0 spiro atoms. The predicted molar refractivity (Wildman–Crippen MR) is 92.6 cm³/mol. The standard InChI is InChI=1S/C18H28N2O4/c1-3-17(24-16-7-5-15(22-2)6-8-16)18(21)19-9-4-10-20-11-13-23-14-12-20/h5-8,17H,3-4,9-14H2,1-2H3,(H,19,21)/t17-/m0/s1. The smallest absolute Gasteiger partial charge is 0.261 e. The number of nitrogens with zero attached hydrogens (tertiary/aromatic N) is 1. The molecule has 1 aromatic rings. The quantitative estimate of drug-likeness (QED) is 0.696. The van der Waals surface area contributed by atoms with Crippen molar-refractivity contribution in [2.24, 2.45) is 0 Å². The molecule has 1 fully saturated rings. The first-order valence-electron chi connectivity index (χ1n) is 8.61. The molecule has 0 saturated carbocycles. The van der Waals surface area contributed by atoms with E-state index in [9.17, 15) is 4.79 Å². The summed E-state index contributed by atoms with van der Waals surface area (Å²) < 4.78 is 16.2. The number of ether oxygens (including phenoxy) is 3. The normalized spacial score (nSPS) is 16.4. The number of morpholine rings is 1. The van der Waals surface area contributed by atoms with Crippen LogP contribution < -0.4 is 14.8 Å². The van der Waals surface area contributed by atoms with Gasteiger partial charge in [0.25, 0.3) is 5.91 Å². The number of hydrogen-bond donors (Lipinski definition) is 1. The minimum absolute atomic E-state index is 0.0599. The Bertz CT molecular complexity index is 486. The van der Waals surface area contributed by atoms with Crippen LogP contribution in [0.1, 0.15) is 19.8 Å². The van der Waals surface area contributed by atoms with Gasteiger partial charge in [-0.25, -0.2) is 0 Å². The van der Waals surface area contributed by atoms with Crippen molar-refractivity contribution in [3.63, 3.8) is 0 Å². The SMILES string of the molecule is CC[C@H](Oc1ccc(OC)cc1)C(=O)NCCCN1CCOCC1. The Balaban J connectivity index is 1.69. The van der Waals surface area contributed by atoms with Crippen molar-refractivity contribution in [2.45, 2.75) is 25.9 Å². The Hall–Kier alpha value is -1.79. The molecule has 1 atom stereocenters. The number of amides is 1. The molecular weight excluding hydrogens is 308 g/mol. The van der Waals surface area contributed by atoms with Crippen LogP contribution >= 0.6 is 0 Å². The van der Waals surface area contributed by atoms with Crippen molar-refractivity contribution >= 4 is 5.91 Å². The zero-order valence-corrected chi connectivity index (χ0v) is 14.6. The van der Waals surface area contributed by atoms with Gasteiger partial charge in [-0.1, -0.05) is 6.92 Å². The lowest BCUT2D eigenvalue weighted by Crippen LogP contribution is -2.41. The van der Waals surface area contributed by atoms with Crippen molar-refractivity contribution < 1.29 is 19.0 Å². The van der Waals surface area contributed by atoms with E-state index in [0.29, 0.717) is 18.7 Å². The average Bonchev–Trinajstić information content (AvgIpc) is 2.64. The van der Waals surface area contributed by atoms with Gasteiger partial charge in [-0.15, -0.1) is 0 Å². The Labute approximate surface area is 144 Å². The highest BCUT2D eigenvalue weighted by atomic mass is 16.5. The number of methoxy groups -OCH3 is 1. The lowest BCUT2D eigenvalue weighted by atomic mass is 10.2. The fourth-order valence-corrected chi connectivity index (χ4v) is 2.59. The van der Waals surface area contributed by atoms with E-state index in [1.807, 2.05) is 31.2 Å². The maximum absolute atomic E-state index is 12.3. The van der Waals surface area contributed by atoms with Gasteiger partial charge >= 0.3 is 0 Å². The van der Waals surface area contributed by atoms with E-state index < -0.39 is 6.10 Å². The zero-order valence-electron chi connectivity index (χ0n) is 14.6. The molecule has 2 rings (SSSR count). The Morgan fingerprint density at radius 2 is 1.92 bits per heavy atom. The van der Waals surface area contributed by atoms with Crippen LogP contribution in [0.3, 0.4) is 0 Å². The van der Waals surface area contributed by atoms with E-state index in [4.69, 9.17) is 14.2 Å². The molecule has 1 saturated heterocycles. The number of carbonyl (C=O) groups is 1. The minimum Gasteiger partial charge on any atom is -0.497 e. The van der Waals surface area contributed by atoms with Crippen molar-refractivity contribution in [2.75, 3.05) is 46.5 Å². The van der Waals surface area contributed by atoms with Crippen LogP contribution in [0.15, 0.2) is 24.3 Å². The maximum atomic E-state index is 12.3. The van der Waals surface area contributed by atoms with Crippen LogP contribution in [0, 0.1) is 0 Å². The van der Waals surface area contributed by atoms with Crippen LogP contribution in [0.5, 0.6) is 11.5 Å². The monoisotopic (exact) mass is 336 g/mol. The highest BCUT2D eigenvalue weighted by molar-refractivity contribution is 5.81. The molecule has 1 aliphatic heterocycles. The number of hydrogen-bond acceptors (Lipinski definition) is 5. The lowest BCUT2D eigenvalue weighted by Gasteiger charge is -2.26. The van der Waals surface area contributed by atoms with Gasteiger partial charge < -0.3 is 19.5 Å². The first kappa shape index (κ1) is 18.5. The van der Waals surface area contributed by atoms with E-state index in [-0.39, 0.29) is 5.91 Å². The largest absolute Gasteiger partial charge is 0.497 e. The van der Waals surface area contributed by atoms with Crippen LogP contribution in [0.25, 0.3) is 0 Å². The highest BCUT2D eigenvalue weighted by Crippen LogP contribution is 2.18. The van der Waals surface area contributed by atoms with Gasteiger partial charge in [0, 0.05) is 19.6 Å². The van der Waals surface area contributed by atoms with Gasteiger partial charge in [0.05, 0.1) is 20.3 Å². The molecule has 1 heterocycles. The van der Waals surface area contributed by atoms with Gasteiger partial charge in [-0.3, -0.25) is 9.69 Å². The van der Waals surface area contributed by atoms with Gasteiger partial charge in [0.2, 0.25) is 0 Å². The fraction of sp³-hybridized carbons (Fsp3) is 0.611. The summed E-state index contributed by atoms with van der Waals surface area (Å²) >= 11 is 0. The third kappa shape index (κ3) is 6.02. The molecule has 0 aliphatic carbocycles. The summed E-state index contributed by atoms with van der Waals surface area (Å²) in [6.45, 7) is 7.16. The van der Waals surface area contributed by atoms with Crippen LogP contribution in [-0.4, -0.2) is 63.4 Å². The van der Waals surface area contributed by atoms with Gasteiger partial charge in [0.1, 0.15) is 11.5 Å². The van der Waals surface area contributed by atoms with Crippen LogP contribution in [0.4, 0.5) is 0 Å². The first-order chi connectivity index (χ1) is 11.7. The Morgan fingerprint density at radius 1 is 1.25 bits per heavy atom. The van der Waals surface area contributed by atoms with E-state index in [0.717, 1.165) is 45.0 Å². The molecule has 1 aromatic carbocycles. The fourth-order valence-electron chi connectivity index (χ4n) is 2.59. The summed E-state index contributed by atoms with van der Waals surface area (Å²) in [4.78, 5) is 14.6. The molecule has 1 N–H and O–H groups in total. The summed E-state index contributed by atoms with van der Waals surface area (Å²) in [5, 5.41) is 2.97. The van der Waals surface area contributed by atoms with Crippen LogP contribution in [0.2, 0.25) is 0 Å². The molecule has 134 valence electrons. The van der Waals surface area contributed by atoms with Crippen molar-refractivity contribution in [1.29, 1.82) is 0 Å². The second kappa shape index (κ2) is 10.2. The van der Waals surface area contributed by atoms with E-state index >= 15 is 0 Å². The van der Waals surface area contributed by atoms with Gasteiger partial charge in [0.15, 0.2) is 6.10 Å². The van der Waals surface area contributed by atoms with E-state index in [1.54, 1.807) is 7.11 Å². The zero-order chi connectivity index (χ0) is 17.2. The lowest BCUT2D eigenvalue weighted by molar-refractivity contribution is -0.128. The molecule has 1 aliphatic rings. The van der Waals surface area contributed by atoms with E-state index in [2.05, 4.69) is 10.2 Å². The van der Waals surface area contributed by atoms with Crippen molar-refractivity contribution in [1.82, 2.24) is 10.2 Å². The van der Waals surface area contributed by atoms with Crippen molar-refractivity contribution in [3.05, 3.63) is 24.3 Å². The molecule has 0 aromatic heterocycles. The molecule has 1 amide bonds. The maximum Gasteiger partial charge on any atom is 0.261 e. The highest BCUT2D eigenvalue weighted by Gasteiger charge is 2.18. The topological polar surface area (TPSA) is 60.0 Å². The number of carbonyl (C=O) groups excluding carboxylic acids is 1. The summed E-state index contributed by atoms with van der Waals surface area (Å²) in [5.41, 5.74) is 0. The van der Waals surface area contributed by atoms with Gasteiger partial charge in [-0.2, -0.15) is 0 Å². The number of benzene rings is 1. The molecular formula is C18H28N2O4. The van der Waals surface area contributed by atoms with Gasteiger partial charge in [-0.05, 0) is 43.7 Å². The summed E-state index contributed by atoms with van der Waals surface area (Å²) in [6, 6.07) is 7.27. The number of rotatable bonds is 9. The third-order valence-corrected chi connectivity index (χ3v) is 4.06. The second-order valence-corrected chi connectivity index (χ2v) is 5.79.